The van der Waals surface area contributed by atoms with Gasteiger partial charge in [-0.3, -0.25) is 0 Å². The van der Waals surface area contributed by atoms with E-state index in [1.807, 2.05) is 0 Å². The lowest BCUT2D eigenvalue weighted by Crippen LogP contribution is -2.21. The molecule has 12 nitrogen and oxygen atoms in total. The van der Waals surface area contributed by atoms with Crippen LogP contribution in [0.1, 0.15) is 11.1 Å². The fourth-order valence-corrected chi connectivity index (χ4v) is 6.41. The molecule has 0 unspecified atom stereocenters. The Balaban J connectivity index is 1.11. The summed E-state index contributed by atoms with van der Waals surface area (Å²) < 4.78 is 60.6. The average Bonchev–Trinajstić information content (AvgIpc) is 3.03. The summed E-state index contributed by atoms with van der Waals surface area (Å²) in [7, 11) is -8.04. The van der Waals surface area contributed by atoms with Crippen LogP contribution in [-0.2, 0) is 20.2 Å². The van der Waals surface area contributed by atoms with Gasteiger partial charge < -0.3 is 29.6 Å². The van der Waals surface area contributed by atoms with Crippen LogP contribution in [0.3, 0.4) is 0 Å². The third kappa shape index (κ3) is 9.11. The second-order valence-corrected chi connectivity index (χ2v) is 13.6. The molecule has 5 aromatic rings. The molecule has 0 saturated heterocycles. The van der Waals surface area contributed by atoms with E-state index in [0.717, 1.165) is 11.1 Å². The molecule has 0 atom stereocenters. The molecule has 0 spiro atoms. The minimum absolute atomic E-state index is 0.0340. The number of anilines is 4. The summed E-state index contributed by atoms with van der Waals surface area (Å²) in [4.78, 5) is 25.3. The van der Waals surface area contributed by atoms with Crippen molar-refractivity contribution in [2.45, 2.75) is 23.6 Å². The van der Waals surface area contributed by atoms with Crippen molar-refractivity contribution in [2.75, 3.05) is 21.3 Å². The third-order valence-corrected chi connectivity index (χ3v) is 9.06. The fraction of sp³-hybridized carbons (Fsp3) is 0.0588. The number of hydrogen-bond acceptors (Lipinski definition) is 8. The minimum atomic E-state index is -4.02. The lowest BCUT2D eigenvalue weighted by molar-refractivity contribution is 0.261. The number of nitrogens with one attached hydrogen (secondary N) is 4. The van der Waals surface area contributed by atoms with Crippen molar-refractivity contribution in [2.24, 2.45) is 0 Å². The maximum Gasteiger partial charge on any atom is 0.339 e. The molecule has 0 saturated carbocycles. The van der Waals surface area contributed by atoms with E-state index in [-0.39, 0.29) is 21.3 Å². The fourth-order valence-electron chi connectivity index (χ4n) is 4.34. The molecular formula is C34H30N4O8S2. The van der Waals surface area contributed by atoms with Crippen molar-refractivity contribution in [3.8, 4) is 11.5 Å². The molecular weight excluding hydrogens is 657 g/mol. The molecule has 4 amide bonds. The first kappa shape index (κ1) is 33.5. The minimum Gasteiger partial charge on any atom is -0.379 e. The van der Waals surface area contributed by atoms with Gasteiger partial charge in [0.15, 0.2) is 0 Å². The topological polar surface area (TPSA) is 169 Å². The number of aryl methyl sites for hydroxylation is 2. The van der Waals surface area contributed by atoms with Crippen molar-refractivity contribution >= 4 is 55.0 Å². The lowest BCUT2D eigenvalue weighted by Gasteiger charge is -2.12. The Morgan fingerprint density at radius 2 is 0.812 bits per heavy atom. The van der Waals surface area contributed by atoms with Gasteiger partial charge >= 0.3 is 32.3 Å². The van der Waals surface area contributed by atoms with Crippen molar-refractivity contribution in [1.29, 1.82) is 0 Å². The molecule has 14 heteroatoms. The maximum absolute atomic E-state index is 12.6. The highest BCUT2D eigenvalue weighted by atomic mass is 32.2. The van der Waals surface area contributed by atoms with E-state index in [1.165, 1.54) is 72.8 Å². The van der Waals surface area contributed by atoms with E-state index in [0.29, 0.717) is 22.7 Å². The summed E-state index contributed by atoms with van der Waals surface area (Å²) in [5.74, 6) is 0.157. The molecule has 5 rings (SSSR count). The zero-order valence-corrected chi connectivity index (χ0v) is 27.3. The number of carbonyl (C=O) groups is 2. The number of benzene rings is 5. The monoisotopic (exact) mass is 686 g/mol. The lowest BCUT2D eigenvalue weighted by atomic mass is 10.2. The van der Waals surface area contributed by atoms with Gasteiger partial charge in [-0.25, -0.2) is 9.59 Å². The van der Waals surface area contributed by atoms with Gasteiger partial charge in [-0.05, 0) is 116 Å². The highest BCUT2D eigenvalue weighted by molar-refractivity contribution is 7.87. The molecule has 5 aromatic carbocycles. The standard InChI is InChI=1S/C34H30N4O8S2/c1-23-6-3-10-31(20-23)47(41,42)45-29-16-12-25(13-17-29)35-33(39)37-27-8-5-9-28(22-27)38-34(40)36-26-14-18-30(19-15-26)46-48(43,44)32-11-4-7-24(2)21-32/h3-22H,1-2H3,(H2,35,37,39)(H2,36,38,40). The van der Waals surface area contributed by atoms with Crippen LogP contribution in [0.15, 0.2) is 131 Å². The highest BCUT2D eigenvalue weighted by Gasteiger charge is 2.18. The Kier molecular flexibility index (Phi) is 9.96. The first-order valence-electron chi connectivity index (χ1n) is 14.3. The molecule has 246 valence electrons. The number of urea groups is 2. The quantitative estimate of drug-likeness (QED) is 0.113. The molecule has 0 aliphatic rings. The summed E-state index contributed by atoms with van der Waals surface area (Å²) in [5.41, 5.74) is 3.08. The maximum atomic E-state index is 12.6. The second kappa shape index (κ2) is 14.3. The molecule has 0 aliphatic carbocycles. The number of carbonyl (C=O) groups excluding carboxylic acids is 2. The Hall–Kier alpha value is -5.86. The van der Waals surface area contributed by atoms with Crippen LogP contribution < -0.4 is 29.6 Å². The van der Waals surface area contributed by atoms with Crippen molar-refractivity contribution < 1.29 is 34.8 Å². The zero-order chi connectivity index (χ0) is 34.3. The smallest absolute Gasteiger partial charge is 0.339 e. The molecule has 0 radical (unpaired) electrons. The summed E-state index contributed by atoms with van der Waals surface area (Å²) in [6, 6.07) is 29.6. The van der Waals surface area contributed by atoms with Gasteiger partial charge in [0.1, 0.15) is 21.3 Å². The highest BCUT2D eigenvalue weighted by Crippen LogP contribution is 2.24. The second-order valence-electron chi connectivity index (χ2n) is 10.5. The summed E-state index contributed by atoms with van der Waals surface area (Å²) in [5, 5.41) is 10.6. The Morgan fingerprint density at radius 3 is 1.19 bits per heavy atom. The summed E-state index contributed by atoms with van der Waals surface area (Å²) in [6.45, 7) is 3.56. The van der Waals surface area contributed by atoms with E-state index in [1.54, 1.807) is 62.4 Å². The van der Waals surface area contributed by atoms with Gasteiger partial charge in [0, 0.05) is 22.7 Å². The number of rotatable bonds is 10. The Bertz CT molecular complexity index is 2020. The van der Waals surface area contributed by atoms with E-state index < -0.39 is 32.3 Å². The first-order valence-corrected chi connectivity index (χ1v) is 17.1. The number of amides is 4. The largest absolute Gasteiger partial charge is 0.379 e. The molecule has 0 aromatic heterocycles. The van der Waals surface area contributed by atoms with Gasteiger partial charge in [-0.2, -0.15) is 16.8 Å². The van der Waals surface area contributed by atoms with Crippen LogP contribution >= 0.6 is 0 Å². The van der Waals surface area contributed by atoms with Gasteiger partial charge in [0.2, 0.25) is 0 Å². The van der Waals surface area contributed by atoms with Gasteiger partial charge in [0.25, 0.3) is 0 Å². The van der Waals surface area contributed by atoms with Gasteiger partial charge in [-0.15, -0.1) is 0 Å². The third-order valence-electron chi connectivity index (χ3n) is 6.57. The average molecular weight is 687 g/mol. The van der Waals surface area contributed by atoms with Crippen molar-refractivity contribution in [1.82, 2.24) is 0 Å². The van der Waals surface area contributed by atoms with Crippen molar-refractivity contribution in [3.63, 3.8) is 0 Å². The van der Waals surface area contributed by atoms with Crippen LogP contribution in [0.5, 0.6) is 11.5 Å². The molecule has 0 fully saturated rings. The van der Waals surface area contributed by atoms with Gasteiger partial charge in [0.05, 0.1) is 0 Å². The van der Waals surface area contributed by atoms with Crippen molar-refractivity contribution in [3.05, 3.63) is 132 Å². The van der Waals surface area contributed by atoms with Crippen LogP contribution in [0.2, 0.25) is 0 Å². The number of hydrogen-bond donors (Lipinski definition) is 4. The predicted octanol–water partition coefficient (Wildman–Crippen LogP) is 7.13. The normalized spacial score (nSPS) is 11.2. The molecule has 0 bridgehead atoms. The van der Waals surface area contributed by atoms with Gasteiger partial charge in [-0.1, -0.05) is 30.3 Å². The molecule has 0 aliphatic heterocycles. The van der Waals surface area contributed by atoms with Crippen LogP contribution in [0, 0.1) is 13.8 Å². The SMILES string of the molecule is Cc1cccc(S(=O)(=O)Oc2ccc(NC(=O)Nc3cccc(NC(=O)Nc4ccc(OS(=O)(=O)c5cccc(C)c5)cc4)c3)cc2)c1. The molecule has 48 heavy (non-hydrogen) atoms. The Morgan fingerprint density at radius 1 is 0.458 bits per heavy atom. The van der Waals surface area contributed by atoms with E-state index in [9.17, 15) is 26.4 Å². The predicted molar refractivity (Wildman–Crippen MR) is 183 cm³/mol. The van der Waals surface area contributed by atoms with Crippen LogP contribution in [0.4, 0.5) is 32.3 Å². The van der Waals surface area contributed by atoms with E-state index in [4.69, 9.17) is 8.37 Å². The van der Waals surface area contributed by atoms with Crippen LogP contribution in [-0.4, -0.2) is 28.9 Å². The molecule has 4 N–H and O–H groups in total. The van der Waals surface area contributed by atoms with Crippen LogP contribution in [0.25, 0.3) is 0 Å². The van der Waals surface area contributed by atoms with E-state index >= 15 is 0 Å². The first-order chi connectivity index (χ1) is 22.8. The summed E-state index contributed by atoms with van der Waals surface area (Å²) in [6.07, 6.45) is 0. The van der Waals surface area contributed by atoms with E-state index in [2.05, 4.69) is 21.3 Å². The Labute approximate surface area is 278 Å². The zero-order valence-electron chi connectivity index (χ0n) is 25.6. The molecule has 0 heterocycles. The summed E-state index contributed by atoms with van der Waals surface area (Å²) >= 11 is 0.